The number of aliphatic carboxylic acids is 14. The quantitative estimate of drug-likeness (QED) is 0.0125. The van der Waals surface area contributed by atoms with E-state index in [0.717, 1.165) is 114 Å². The Morgan fingerprint density at radius 1 is 0.331 bits per heavy atom. The number of rotatable bonds is 41. The lowest BCUT2D eigenvalue weighted by Crippen LogP contribution is -2.20. The van der Waals surface area contributed by atoms with Crippen molar-refractivity contribution in [3.63, 3.8) is 0 Å². The zero-order chi connectivity index (χ0) is 95.8. The molecule has 18 N–H and O–H groups in total. The monoisotopic (exact) mass is 2010 g/mol. The van der Waals surface area contributed by atoms with Crippen LogP contribution in [0, 0.1) is 17.8 Å². The molecule has 0 amide bonds. The lowest BCUT2D eigenvalue weighted by molar-refractivity contribution is -0.147. The summed E-state index contributed by atoms with van der Waals surface area (Å²) in [6.07, 6.45) is -2.24. The van der Waals surface area contributed by atoms with Gasteiger partial charge in [-0.2, -0.15) is 0 Å². The van der Waals surface area contributed by atoms with Crippen LogP contribution in [0.5, 0.6) is 0 Å². The van der Waals surface area contributed by atoms with Gasteiger partial charge in [-0.1, -0.05) is 143 Å². The minimum absolute atomic E-state index is 0.00588. The molecule has 5 aromatic heterocycles. The number of anilines is 1. The van der Waals surface area contributed by atoms with E-state index in [2.05, 4.69) is 29.9 Å². The maximum Gasteiger partial charge on any atom is 0.336 e. The van der Waals surface area contributed by atoms with E-state index in [1.165, 1.54) is 74.9 Å². The standard InChI is InChI=1S/C13H13NO4S2.C12H11NO4S2.C12H12O6S.C11H8ClNO4S2.C11H10N2O4S.C11H9NO4S2.C11H13NO4S/c15-11(16)6-5-8(12(17)18)7-19-13-14-9-3-1-2-4-10(9)20-13;14-10(15)6-5-9(11(16)17)19-12-13-7-3-1-2-4-8(7)18-12;13-10(14)5-7(11(15)16)6-19-9-4-2-1-3-8(9)12(17)18;12-5-1-2-7-6(3-5)13-11(18-7)19-8(10(16)17)4-9(14)15;14-9(15)5-8(10(16)17)18-11-12-6-3-1-2-4-7(6)13-11;13-9(14)5-8(10(15)16)18-11-12-6-3-1-2-4-7(6)17-11;12-8-3-1-2-4-9(8)17-6-7(11(15)16)5-10(13)14/h1-4,8H,5-7H2,(H,15,16)(H,17,18);1-4,9H,5-6H2,(H,14,15)(H,16,17);1-4,7H,5-6H2,(H,13,14)(H,15,16)(H,17,18);1-3,8H,4H2,(H,14,15)(H,16,17);1-4,8H,5H2,(H,12,13)(H,14,15)(H,16,17);1-4,8H,5H2,(H,13,14)(H,15,16);1-4,7H,5-6,12H2,(H,13,14)(H,15,16). The van der Waals surface area contributed by atoms with Crippen LogP contribution in [0.2, 0.25) is 5.02 Å². The third kappa shape index (κ3) is 38.5. The average molecular weight is 2020 g/mol. The van der Waals surface area contributed by atoms with Gasteiger partial charge in [-0.3, -0.25) is 67.1 Å². The molecule has 12 aromatic rings. The van der Waals surface area contributed by atoms with Crippen molar-refractivity contribution in [2.75, 3.05) is 23.0 Å². The molecule has 0 aliphatic rings. The van der Waals surface area contributed by atoms with Crippen LogP contribution < -0.4 is 5.73 Å². The Balaban J connectivity index is 0.000000234. The number of carboxylic acid groups (broad SMARTS) is 15. The number of fused-ring (bicyclic) bond motifs is 5. The van der Waals surface area contributed by atoms with E-state index < -0.39 is 154 Å². The number of imidazole rings is 1. The van der Waals surface area contributed by atoms with E-state index in [-0.39, 0.29) is 49.2 Å². The van der Waals surface area contributed by atoms with Gasteiger partial charge in [0.2, 0.25) is 0 Å². The Labute approximate surface area is 784 Å². The second-order valence-electron chi connectivity index (χ2n) is 26.0. The molecule has 7 unspecified atom stereocenters. The number of para-hydroxylation sites is 6. The van der Waals surface area contributed by atoms with Crippen molar-refractivity contribution in [1.82, 2.24) is 29.9 Å². The molecule has 12 rings (SSSR count). The van der Waals surface area contributed by atoms with Crippen LogP contribution in [-0.2, 0) is 67.1 Å². The zero-order valence-corrected chi connectivity index (χ0v) is 76.4. The van der Waals surface area contributed by atoms with Crippen molar-refractivity contribution in [2.45, 2.75) is 111 Å². The molecule has 0 aliphatic heterocycles. The van der Waals surface area contributed by atoms with E-state index >= 15 is 0 Å². The number of aromatic amines is 1. The molecule has 0 spiro atoms. The summed E-state index contributed by atoms with van der Waals surface area (Å²) in [7, 11) is 0. The molecule has 37 nitrogen and oxygen atoms in total. The van der Waals surface area contributed by atoms with Gasteiger partial charge < -0.3 is 87.3 Å². The van der Waals surface area contributed by atoms with E-state index in [1.807, 2.05) is 91.0 Å². The van der Waals surface area contributed by atoms with Gasteiger partial charge >= 0.3 is 89.5 Å². The summed E-state index contributed by atoms with van der Waals surface area (Å²) in [4.78, 5) is 187. The second-order valence-corrected chi connectivity index (χ2v) is 39.5. The minimum Gasteiger partial charge on any atom is -0.481 e. The molecule has 49 heteroatoms. The highest BCUT2D eigenvalue weighted by molar-refractivity contribution is 8.03. The molecule has 5 heterocycles. The number of hydrogen-bond donors (Lipinski definition) is 17. The van der Waals surface area contributed by atoms with Crippen LogP contribution in [0.3, 0.4) is 0 Å². The van der Waals surface area contributed by atoms with Crippen LogP contribution in [-0.4, -0.2) is 234 Å². The Hall–Kier alpha value is -11.8. The molecular formula is C81H76ClN7O30S11. The summed E-state index contributed by atoms with van der Waals surface area (Å²) in [6.45, 7) is 0. The highest BCUT2D eigenvalue weighted by Crippen LogP contribution is 2.39. The highest BCUT2D eigenvalue weighted by atomic mass is 35.5. The Kier molecular flexibility index (Phi) is 44.9. The van der Waals surface area contributed by atoms with Gasteiger partial charge in [-0.15, -0.1) is 68.9 Å². The number of benzene rings is 7. The number of thioether (sulfide) groups is 7. The number of aromatic carboxylic acids is 1. The first-order valence-corrected chi connectivity index (χ1v) is 47.1. The third-order valence-electron chi connectivity index (χ3n) is 16.2. The molecule has 0 radical (unpaired) electrons. The summed E-state index contributed by atoms with van der Waals surface area (Å²) < 4.78 is 6.45. The summed E-state index contributed by atoms with van der Waals surface area (Å²) in [5, 5.41) is 129. The molecule has 0 saturated carbocycles. The highest BCUT2D eigenvalue weighted by Gasteiger charge is 2.30. The molecule has 688 valence electrons. The second kappa shape index (κ2) is 54.6. The van der Waals surface area contributed by atoms with Gasteiger partial charge in [0.05, 0.1) is 107 Å². The summed E-state index contributed by atoms with van der Waals surface area (Å²) in [6, 6.07) is 48.5. The number of carboxylic acids is 15. The summed E-state index contributed by atoms with van der Waals surface area (Å²) in [5.41, 5.74) is 11.1. The summed E-state index contributed by atoms with van der Waals surface area (Å²) in [5.74, 6) is -18.6. The number of aromatic nitrogens is 6. The molecule has 0 bridgehead atoms. The van der Waals surface area contributed by atoms with Crippen LogP contribution in [0.25, 0.3) is 51.9 Å². The predicted octanol–water partition coefficient (Wildman–Crippen LogP) is 15.7. The number of nitrogens with two attached hydrogens (primary N) is 1. The first-order valence-electron chi connectivity index (χ1n) is 37.0. The fraction of sp³-hybridized carbons (Fsp3) is 0.235. The van der Waals surface area contributed by atoms with Gasteiger partial charge in [0, 0.05) is 50.6 Å². The minimum atomic E-state index is -1.21. The summed E-state index contributed by atoms with van der Waals surface area (Å²) >= 11 is 19.0. The van der Waals surface area contributed by atoms with Gasteiger partial charge in [0.1, 0.15) is 21.0 Å². The Morgan fingerprint density at radius 2 is 0.685 bits per heavy atom. The van der Waals surface area contributed by atoms with E-state index in [0.29, 0.717) is 45.1 Å². The van der Waals surface area contributed by atoms with Crippen molar-refractivity contribution >= 4 is 286 Å². The molecule has 130 heavy (non-hydrogen) atoms. The number of nitrogens with one attached hydrogen (secondary N) is 1. The smallest absolute Gasteiger partial charge is 0.336 e. The number of hydrogen-bond acceptors (Lipinski definition) is 32. The number of thiazole rings is 4. The van der Waals surface area contributed by atoms with Gasteiger partial charge in [-0.25, -0.2) is 29.7 Å². The van der Waals surface area contributed by atoms with Crippen LogP contribution in [0.15, 0.2) is 196 Å². The van der Waals surface area contributed by atoms with E-state index in [4.69, 9.17) is 93.9 Å². The number of carbonyl (C=O) groups is 15. The first-order chi connectivity index (χ1) is 61.6. The van der Waals surface area contributed by atoms with Gasteiger partial charge in [0.25, 0.3) is 0 Å². The maximum absolute atomic E-state index is 11.1. The van der Waals surface area contributed by atoms with Crippen molar-refractivity contribution in [3.05, 3.63) is 174 Å². The van der Waals surface area contributed by atoms with Crippen LogP contribution >= 0.6 is 139 Å². The van der Waals surface area contributed by atoms with E-state index in [1.54, 1.807) is 66.7 Å². The molecule has 7 aromatic carbocycles. The fourth-order valence-electron chi connectivity index (χ4n) is 10.00. The van der Waals surface area contributed by atoms with Crippen molar-refractivity contribution in [3.8, 4) is 0 Å². The number of nitrogens with zero attached hydrogens (tertiary/aromatic N) is 5. The molecule has 0 saturated heterocycles. The van der Waals surface area contributed by atoms with Gasteiger partial charge in [0.15, 0.2) is 22.5 Å². The average Bonchev–Trinajstić information content (AvgIpc) is 1.71. The largest absolute Gasteiger partial charge is 0.481 e. The topological polar surface area (TPSA) is 666 Å². The fourth-order valence-corrected chi connectivity index (χ4v) is 22.2. The first kappa shape index (κ1) is 107. The van der Waals surface area contributed by atoms with Crippen LogP contribution in [0.1, 0.15) is 68.1 Å². The molecule has 0 fully saturated rings. The molecule has 7 atom stereocenters. The van der Waals surface area contributed by atoms with Crippen molar-refractivity contribution < 1.29 is 149 Å². The normalized spacial score (nSPS) is 12.3. The Bertz CT molecular complexity index is 5750. The third-order valence-corrected chi connectivity index (χ3v) is 29.4. The van der Waals surface area contributed by atoms with Gasteiger partial charge in [-0.05, 0) is 104 Å². The number of nitrogen functional groups attached to an aromatic ring is 1. The lowest BCUT2D eigenvalue weighted by Gasteiger charge is -2.10. The van der Waals surface area contributed by atoms with E-state index in [9.17, 15) is 71.9 Å². The maximum atomic E-state index is 11.1. The Morgan fingerprint density at radius 3 is 1.10 bits per heavy atom. The predicted molar refractivity (Wildman–Crippen MR) is 494 cm³/mol. The number of H-pyrrole nitrogens is 1. The van der Waals surface area contributed by atoms with Crippen molar-refractivity contribution in [2.24, 2.45) is 17.8 Å². The lowest BCUT2D eigenvalue weighted by atomic mass is 10.1. The SMILES string of the molecule is Nc1ccccc1SCC(CC(=O)O)C(=O)O.O=C(O)CC(CSc1ccccc1C(=O)O)C(=O)O.O=C(O)CC(Sc1nc2cc(Cl)ccc2s1)C(=O)O.O=C(O)CC(Sc1nc2ccccc2[nH]1)C(=O)O.O=C(O)CC(Sc1nc2ccccc2s1)C(=O)O.O=C(O)CCC(CSc1nc2ccccc2s1)C(=O)O.O=C(O)CCC(Sc1nc2ccccc2s1)C(=O)O. The zero-order valence-electron chi connectivity index (χ0n) is 66.6. The number of halogens is 1. The van der Waals surface area contributed by atoms with Crippen molar-refractivity contribution in [1.29, 1.82) is 0 Å². The molecule has 0 aliphatic carbocycles. The molecular weight excluding hydrogens is 1940 g/mol. The van der Waals surface area contributed by atoms with Crippen LogP contribution in [0.4, 0.5) is 5.69 Å².